The zero-order chi connectivity index (χ0) is 27.7. The van der Waals surface area contributed by atoms with Gasteiger partial charge in [0.15, 0.2) is 23.0 Å². The van der Waals surface area contributed by atoms with Gasteiger partial charge in [-0.1, -0.05) is 23.7 Å². The SMILES string of the molecule is COc1cc(C=C2C(=O)NC(=O)N(c3ccc4c(c3)OCO4)C2=O)cc(Cl)c1OCc1ccc(C(=O)O)cc1. The number of ether oxygens (including phenoxy) is 4. The predicted octanol–water partition coefficient (Wildman–Crippen LogP) is 4.02. The zero-order valence-electron chi connectivity index (χ0n) is 20.2. The molecule has 2 aliphatic heterocycles. The number of imide groups is 2. The number of anilines is 1. The molecule has 3 aromatic rings. The number of amides is 4. The Balaban J connectivity index is 1.40. The molecule has 11 nitrogen and oxygen atoms in total. The molecular weight excluding hydrogens is 532 g/mol. The number of hydrogen-bond acceptors (Lipinski definition) is 8. The molecular formula is C27H19ClN2O9. The number of urea groups is 1. The van der Waals surface area contributed by atoms with E-state index in [4.69, 9.17) is 35.7 Å². The number of fused-ring (bicyclic) bond motifs is 1. The number of barbiturate groups is 1. The van der Waals surface area contributed by atoms with Gasteiger partial charge in [-0.25, -0.2) is 14.5 Å². The number of hydrogen-bond donors (Lipinski definition) is 2. The number of carboxylic acid groups (broad SMARTS) is 1. The van der Waals surface area contributed by atoms with Crippen LogP contribution in [-0.4, -0.2) is 42.8 Å². The van der Waals surface area contributed by atoms with Crippen LogP contribution in [0.5, 0.6) is 23.0 Å². The highest BCUT2D eigenvalue weighted by Crippen LogP contribution is 2.39. The Labute approximate surface area is 226 Å². The van der Waals surface area contributed by atoms with Crippen molar-refractivity contribution in [3.05, 3.63) is 81.9 Å². The Morgan fingerprint density at radius 1 is 1.08 bits per heavy atom. The first-order valence-corrected chi connectivity index (χ1v) is 11.8. The van der Waals surface area contributed by atoms with Crippen molar-refractivity contribution < 1.29 is 43.2 Å². The summed E-state index contributed by atoms with van der Waals surface area (Å²) in [6, 6.07) is 12.8. The molecule has 1 fully saturated rings. The number of nitrogens with zero attached hydrogens (tertiary/aromatic N) is 1. The highest BCUT2D eigenvalue weighted by Gasteiger charge is 2.37. The first-order valence-electron chi connectivity index (χ1n) is 11.4. The number of nitrogens with one attached hydrogen (secondary N) is 1. The van der Waals surface area contributed by atoms with Gasteiger partial charge in [0.05, 0.1) is 23.4 Å². The van der Waals surface area contributed by atoms with Crippen LogP contribution in [0, 0.1) is 0 Å². The summed E-state index contributed by atoms with van der Waals surface area (Å²) in [5, 5.41) is 11.3. The number of carboxylic acids is 1. The van der Waals surface area contributed by atoms with E-state index in [-0.39, 0.29) is 46.7 Å². The van der Waals surface area contributed by atoms with Crippen molar-refractivity contribution in [1.29, 1.82) is 0 Å². The number of aromatic carboxylic acids is 1. The average molecular weight is 551 g/mol. The number of carbonyl (C=O) groups excluding carboxylic acids is 3. The molecule has 39 heavy (non-hydrogen) atoms. The molecule has 0 aliphatic carbocycles. The summed E-state index contributed by atoms with van der Waals surface area (Å²) in [7, 11) is 1.40. The quantitative estimate of drug-likeness (QED) is 0.329. The van der Waals surface area contributed by atoms with E-state index in [2.05, 4.69) is 5.32 Å². The van der Waals surface area contributed by atoms with E-state index < -0.39 is 23.8 Å². The van der Waals surface area contributed by atoms with Crippen LogP contribution in [0.1, 0.15) is 21.5 Å². The summed E-state index contributed by atoms with van der Waals surface area (Å²) < 4.78 is 21.8. The smallest absolute Gasteiger partial charge is 0.335 e. The van der Waals surface area contributed by atoms with Crippen LogP contribution in [0.25, 0.3) is 6.08 Å². The molecule has 0 spiro atoms. The molecule has 5 rings (SSSR count). The van der Waals surface area contributed by atoms with Crippen molar-refractivity contribution in [2.24, 2.45) is 0 Å². The summed E-state index contributed by atoms with van der Waals surface area (Å²) in [4.78, 5) is 50.3. The molecule has 3 aromatic carbocycles. The van der Waals surface area contributed by atoms with Crippen LogP contribution in [0.2, 0.25) is 5.02 Å². The molecule has 2 aliphatic rings. The number of carbonyl (C=O) groups is 4. The van der Waals surface area contributed by atoms with Gasteiger partial charge in [-0.2, -0.15) is 0 Å². The first-order chi connectivity index (χ1) is 18.7. The number of methoxy groups -OCH3 is 1. The van der Waals surface area contributed by atoms with E-state index in [0.717, 1.165) is 4.90 Å². The van der Waals surface area contributed by atoms with Crippen LogP contribution >= 0.6 is 11.6 Å². The third-order valence-corrected chi connectivity index (χ3v) is 6.14. The second-order valence-electron chi connectivity index (χ2n) is 8.32. The van der Waals surface area contributed by atoms with E-state index in [0.29, 0.717) is 22.6 Å². The summed E-state index contributed by atoms with van der Waals surface area (Å²) >= 11 is 6.45. The molecule has 0 saturated carbocycles. The maximum atomic E-state index is 13.3. The van der Waals surface area contributed by atoms with Gasteiger partial charge in [-0.3, -0.25) is 14.9 Å². The lowest BCUT2D eigenvalue weighted by atomic mass is 10.1. The average Bonchev–Trinajstić information content (AvgIpc) is 3.38. The van der Waals surface area contributed by atoms with Crippen molar-refractivity contribution in [3.8, 4) is 23.0 Å². The van der Waals surface area contributed by atoms with Gasteiger partial charge in [0.2, 0.25) is 6.79 Å². The first kappa shape index (κ1) is 25.6. The van der Waals surface area contributed by atoms with Gasteiger partial charge >= 0.3 is 12.0 Å². The number of benzene rings is 3. The van der Waals surface area contributed by atoms with Gasteiger partial charge < -0.3 is 24.1 Å². The van der Waals surface area contributed by atoms with Crippen LogP contribution in [0.4, 0.5) is 10.5 Å². The van der Waals surface area contributed by atoms with Crippen molar-refractivity contribution >= 4 is 47.2 Å². The minimum atomic E-state index is -1.04. The van der Waals surface area contributed by atoms with Crippen LogP contribution in [0.3, 0.4) is 0 Å². The Morgan fingerprint density at radius 3 is 2.54 bits per heavy atom. The Hall–Kier alpha value is -5.03. The highest BCUT2D eigenvalue weighted by atomic mass is 35.5. The standard InChI is InChI=1S/C27H19ClN2O9/c1-36-22-10-15(9-19(28)23(22)37-12-14-2-4-16(5-3-14)26(33)34)8-18-24(31)29-27(35)30(25(18)32)17-6-7-20-21(11-17)39-13-38-20/h2-11H,12-13H2,1H3,(H,33,34)(H,29,31,35). The zero-order valence-corrected chi connectivity index (χ0v) is 21.0. The topological polar surface area (TPSA) is 141 Å². The van der Waals surface area contributed by atoms with Crippen molar-refractivity contribution in [1.82, 2.24) is 5.32 Å². The lowest BCUT2D eigenvalue weighted by molar-refractivity contribution is -0.122. The Morgan fingerprint density at radius 2 is 1.82 bits per heavy atom. The summed E-state index contributed by atoms with van der Waals surface area (Å²) in [6.07, 6.45) is 1.28. The molecule has 198 valence electrons. The minimum absolute atomic E-state index is 0.0157. The molecule has 0 atom stereocenters. The van der Waals surface area contributed by atoms with Crippen molar-refractivity contribution in [2.75, 3.05) is 18.8 Å². The van der Waals surface area contributed by atoms with E-state index in [1.165, 1.54) is 49.6 Å². The molecule has 0 unspecified atom stereocenters. The van der Waals surface area contributed by atoms with Crippen LogP contribution < -0.4 is 29.2 Å². The van der Waals surface area contributed by atoms with E-state index >= 15 is 0 Å². The fourth-order valence-corrected chi connectivity index (χ4v) is 4.22. The van der Waals surface area contributed by atoms with Crippen molar-refractivity contribution in [2.45, 2.75) is 6.61 Å². The molecule has 4 amide bonds. The summed E-state index contributed by atoms with van der Waals surface area (Å²) in [5.74, 6) is -1.49. The van der Waals surface area contributed by atoms with E-state index in [9.17, 15) is 19.2 Å². The highest BCUT2D eigenvalue weighted by molar-refractivity contribution is 6.39. The van der Waals surface area contributed by atoms with E-state index in [1.807, 2.05) is 0 Å². The second-order valence-corrected chi connectivity index (χ2v) is 8.73. The van der Waals surface area contributed by atoms with Crippen LogP contribution in [0.15, 0.2) is 60.2 Å². The molecule has 0 aromatic heterocycles. The third-order valence-electron chi connectivity index (χ3n) is 5.86. The predicted molar refractivity (Wildman–Crippen MR) is 137 cm³/mol. The lowest BCUT2D eigenvalue weighted by Crippen LogP contribution is -2.54. The maximum absolute atomic E-state index is 13.3. The van der Waals surface area contributed by atoms with Gasteiger partial charge in [0.25, 0.3) is 11.8 Å². The van der Waals surface area contributed by atoms with Crippen molar-refractivity contribution in [3.63, 3.8) is 0 Å². The monoisotopic (exact) mass is 550 g/mol. The molecule has 0 bridgehead atoms. The van der Waals surface area contributed by atoms with Gasteiger partial charge in [-0.05, 0) is 53.6 Å². The fourth-order valence-electron chi connectivity index (χ4n) is 3.95. The third kappa shape index (κ3) is 5.07. The Kier molecular flexibility index (Phi) is 6.82. The molecule has 2 N–H and O–H groups in total. The summed E-state index contributed by atoms with van der Waals surface area (Å²) in [5.41, 5.74) is 1.07. The summed E-state index contributed by atoms with van der Waals surface area (Å²) in [6.45, 7) is 0.0891. The van der Waals surface area contributed by atoms with Gasteiger partial charge in [0.1, 0.15) is 12.2 Å². The Bertz CT molecular complexity index is 1550. The molecule has 1 saturated heterocycles. The normalized spacial score (nSPS) is 15.4. The largest absolute Gasteiger partial charge is 0.493 e. The van der Waals surface area contributed by atoms with Gasteiger partial charge in [-0.15, -0.1) is 0 Å². The fraction of sp³-hybridized carbons (Fsp3) is 0.111. The number of halogens is 1. The molecule has 0 radical (unpaired) electrons. The number of rotatable bonds is 7. The van der Waals surface area contributed by atoms with Crippen LogP contribution in [-0.2, 0) is 16.2 Å². The second kappa shape index (κ2) is 10.4. The minimum Gasteiger partial charge on any atom is -0.493 e. The molecule has 2 heterocycles. The van der Waals surface area contributed by atoms with Gasteiger partial charge in [0, 0.05) is 6.07 Å². The molecule has 12 heteroatoms. The lowest BCUT2D eigenvalue weighted by Gasteiger charge is -2.26. The van der Waals surface area contributed by atoms with E-state index in [1.54, 1.807) is 18.2 Å². The maximum Gasteiger partial charge on any atom is 0.335 e.